The fourth-order valence-corrected chi connectivity index (χ4v) is 2.15. The van der Waals surface area contributed by atoms with Gasteiger partial charge in [0.15, 0.2) is 11.5 Å². The largest absolute Gasteiger partial charge is 0.454 e. The Morgan fingerprint density at radius 3 is 3.06 bits per heavy atom. The van der Waals surface area contributed by atoms with Crippen LogP contribution in [0.4, 0.5) is 0 Å². The van der Waals surface area contributed by atoms with E-state index < -0.39 is 0 Å². The van der Waals surface area contributed by atoms with Crippen LogP contribution in [0.15, 0.2) is 18.2 Å². The van der Waals surface area contributed by atoms with E-state index in [4.69, 9.17) is 14.2 Å². The highest BCUT2D eigenvalue weighted by Crippen LogP contribution is 2.32. The molecule has 1 aromatic rings. The SMILES string of the molecule is O=C(NC[C@H]1CCCO1)c1ccc2c(c1)OCO2. The van der Waals surface area contributed by atoms with E-state index in [0.717, 1.165) is 19.4 Å². The Balaban J connectivity index is 1.61. The average Bonchev–Trinajstić information content (AvgIpc) is 3.05. The van der Waals surface area contributed by atoms with Crippen molar-refractivity contribution in [1.29, 1.82) is 0 Å². The van der Waals surface area contributed by atoms with Crippen LogP contribution in [0.3, 0.4) is 0 Å². The number of hydrogen-bond donors (Lipinski definition) is 1. The Bertz CT molecular complexity index is 454. The van der Waals surface area contributed by atoms with Gasteiger partial charge in [-0.05, 0) is 31.0 Å². The van der Waals surface area contributed by atoms with Crippen LogP contribution in [-0.2, 0) is 4.74 Å². The van der Waals surface area contributed by atoms with Gasteiger partial charge in [-0.2, -0.15) is 0 Å². The molecule has 18 heavy (non-hydrogen) atoms. The first kappa shape index (κ1) is 11.3. The number of nitrogens with one attached hydrogen (secondary N) is 1. The summed E-state index contributed by atoms with van der Waals surface area (Å²) in [5.41, 5.74) is 0.581. The van der Waals surface area contributed by atoms with Gasteiger partial charge in [-0.1, -0.05) is 0 Å². The zero-order valence-corrected chi connectivity index (χ0v) is 9.98. The van der Waals surface area contributed by atoms with Gasteiger partial charge in [-0.25, -0.2) is 0 Å². The van der Waals surface area contributed by atoms with Crippen molar-refractivity contribution in [2.24, 2.45) is 0 Å². The number of amides is 1. The lowest BCUT2D eigenvalue weighted by atomic mass is 10.2. The summed E-state index contributed by atoms with van der Waals surface area (Å²) in [7, 11) is 0. The molecule has 0 aliphatic carbocycles. The molecule has 5 nitrogen and oxygen atoms in total. The van der Waals surface area contributed by atoms with Gasteiger partial charge >= 0.3 is 0 Å². The highest BCUT2D eigenvalue weighted by molar-refractivity contribution is 5.94. The van der Waals surface area contributed by atoms with E-state index >= 15 is 0 Å². The summed E-state index contributed by atoms with van der Waals surface area (Å²) in [6.07, 6.45) is 2.24. The Hall–Kier alpha value is -1.75. The molecule has 0 aromatic heterocycles. The molecular weight excluding hydrogens is 234 g/mol. The van der Waals surface area contributed by atoms with Crippen molar-refractivity contribution in [1.82, 2.24) is 5.32 Å². The fourth-order valence-electron chi connectivity index (χ4n) is 2.15. The molecule has 1 amide bonds. The first-order valence-corrected chi connectivity index (χ1v) is 6.12. The Morgan fingerprint density at radius 2 is 2.22 bits per heavy atom. The van der Waals surface area contributed by atoms with Gasteiger partial charge < -0.3 is 19.5 Å². The molecule has 1 aromatic carbocycles. The van der Waals surface area contributed by atoms with Crippen LogP contribution in [0.25, 0.3) is 0 Å². The maximum absolute atomic E-state index is 11.9. The molecule has 0 bridgehead atoms. The monoisotopic (exact) mass is 249 g/mol. The topological polar surface area (TPSA) is 56.8 Å². The maximum Gasteiger partial charge on any atom is 0.251 e. The third-order valence-electron chi connectivity index (χ3n) is 3.15. The summed E-state index contributed by atoms with van der Waals surface area (Å²) in [6, 6.07) is 5.19. The van der Waals surface area contributed by atoms with Crippen LogP contribution in [0, 0.1) is 0 Å². The highest BCUT2D eigenvalue weighted by Gasteiger charge is 2.19. The van der Waals surface area contributed by atoms with Gasteiger partial charge in [0.1, 0.15) is 0 Å². The van der Waals surface area contributed by atoms with Crippen LogP contribution in [-0.4, -0.2) is 32.0 Å². The maximum atomic E-state index is 11.9. The summed E-state index contributed by atoms with van der Waals surface area (Å²) in [6.45, 7) is 1.58. The van der Waals surface area contributed by atoms with Crippen molar-refractivity contribution >= 4 is 5.91 Å². The van der Waals surface area contributed by atoms with Crippen molar-refractivity contribution in [2.75, 3.05) is 19.9 Å². The first-order chi connectivity index (χ1) is 8.83. The van der Waals surface area contributed by atoms with Crippen LogP contribution >= 0.6 is 0 Å². The highest BCUT2D eigenvalue weighted by atomic mass is 16.7. The minimum Gasteiger partial charge on any atom is -0.454 e. The van der Waals surface area contributed by atoms with Gasteiger partial charge in [0.05, 0.1) is 6.10 Å². The number of rotatable bonds is 3. The molecule has 0 spiro atoms. The van der Waals surface area contributed by atoms with Crippen LogP contribution < -0.4 is 14.8 Å². The summed E-state index contributed by atoms with van der Waals surface area (Å²) in [5.74, 6) is 1.20. The van der Waals surface area contributed by atoms with Crippen LogP contribution in [0.2, 0.25) is 0 Å². The number of hydrogen-bond acceptors (Lipinski definition) is 4. The predicted octanol–water partition coefficient (Wildman–Crippen LogP) is 1.32. The molecule has 0 radical (unpaired) electrons. The molecule has 1 fully saturated rings. The van der Waals surface area contributed by atoms with Crippen molar-refractivity contribution in [3.05, 3.63) is 23.8 Å². The van der Waals surface area contributed by atoms with Gasteiger partial charge in [0.2, 0.25) is 6.79 Å². The Morgan fingerprint density at radius 1 is 1.33 bits per heavy atom. The molecule has 2 aliphatic heterocycles. The van der Waals surface area contributed by atoms with E-state index in [2.05, 4.69) is 5.32 Å². The van der Waals surface area contributed by atoms with E-state index in [1.807, 2.05) is 0 Å². The van der Waals surface area contributed by atoms with E-state index in [0.29, 0.717) is 23.6 Å². The summed E-state index contributed by atoms with van der Waals surface area (Å²) in [4.78, 5) is 11.9. The zero-order chi connectivity index (χ0) is 12.4. The summed E-state index contributed by atoms with van der Waals surface area (Å²) >= 11 is 0. The molecule has 0 saturated carbocycles. The minimum absolute atomic E-state index is 0.108. The average molecular weight is 249 g/mol. The van der Waals surface area contributed by atoms with Gasteiger partial charge in [0, 0.05) is 18.7 Å². The number of fused-ring (bicyclic) bond motifs is 1. The Kier molecular flexibility index (Phi) is 3.06. The minimum atomic E-state index is -0.108. The third-order valence-corrected chi connectivity index (χ3v) is 3.15. The lowest BCUT2D eigenvalue weighted by Gasteiger charge is -2.10. The predicted molar refractivity (Wildman–Crippen MR) is 63.9 cm³/mol. The number of carbonyl (C=O) groups excluding carboxylic acids is 1. The molecule has 96 valence electrons. The lowest BCUT2D eigenvalue weighted by Crippen LogP contribution is -2.31. The van der Waals surface area contributed by atoms with Crippen LogP contribution in [0.1, 0.15) is 23.2 Å². The van der Waals surface area contributed by atoms with Gasteiger partial charge in [0.25, 0.3) is 5.91 Å². The number of ether oxygens (including phenoxy) is 3. The van der Waals surface area contributed by atoms with E-state index in [-0.39, 0.29) is 18.8 Å². The molecular formula is C13H15NO4. The van der Waals surface area contributed by atoms with Gasteiger partial charge in [-0.3, -0.25) is 4.79 Å². The first-order valence-electron chi connectivity index (χ1n) is 6.12. The summed E-state index contributed by atoms with van der Waals surface area (Å²) in [5, 5.41) is 2.87. The molecule has 1 N–H and O–H groups in total. The zero-order valence-electron chi connectivity index (χ0n) is 9.98. The number of benzene rings is 1. The molecule has 3 rings (SSSR count). The third kappa shape index (κ3) is 2.26. The second kappa shape index (κ2) is 4.86. The van der Waals surface area contributed by atoms with E-state index in [1.165, 1.54) is 0 Å². The molecule has 5 heteroatoms. The molecule has 2 heterocycles. The Labute approximate surface area is 105 Å². The smallest absolute Gasteiger partial charge is 0.251 e. The van der Waals surface area contributed by atoms with Crippen molar-refractivity contribution in [3.63, 3.8) is 0 Å². The van der Waals surface area contributed by atoms with E-state index in [9.17, 15) is 4.79 Å². The molecule has 0 unspecified atom stereocenters. The molecule has 1 atom stereocenters. The normalized spacial score (nSPS) is 21.0. The molecule has 1 saturated heterocycles. The lowest BCUT2D eigenvalue weighted by molar-refractivity contribution is 0.0857. The second-order valence-corrected chi connectivity index (χ2v) is 4.41. The van der Waals surface area contributed by atoms with Gasteiger partial charge in [-0.15, -0.1) is 0 Å². The quantitative estimate of drug-likeness (QED) is 0.878. The summed E-state index contributed by atoms with van der Waals surface area (Å²) < 4.78 is 15.9. The van der Waals surface area contributed by atoms with Crippen molar-refractivity contribution in [3.8, 4) is 11.5 Å². The standard InChI is InChI=1S/C13H15NO4/c15-13(14-7-10-2-1-5-16-10)9-3-4-11-12(6-9)18-8-17-11/h3-4,6,10H,1-2,5,7-8H2,(H,14,15)/t10-/m1/s1. The second-order valence-electron chi connectivity index (χ2n) is 4.41. The molecule has 2 aliphatic rings. The van der Waals surface area contributed by atoms with Crippen LogP contribution in [0.5, 0.6) is 11.5 Å². The van der Waals surface area contributed by atoms with Crippen molar-refractivity contribution in [2.45, 2.75) is 18.9 Å². The number of carbonyl (C=O) groups is 1. The fraction of sp³-hybridized carbons (Fsp3) is 0.462. The van der Waals surface area contributed by atoms with Crippen molar-refractivity contribution < 1.29 is 19.0 Å². The van der Waals surface area contributed by atoms with E-state index in [1.54, 1.807) is 18.2 Å².